The number of piperazine rings is 1. The lowest BCUT2D eigenvalue weighted by atomic mass is 10.3. The number of nitrogens with zero attached hydrogens (tertiary/aromatic N) is 7. The molecule has 0 bridgehead atoms. The van der Waals surface area contributed by atoms with Crippen LogP contribution in [0.15, 0.2) is 36.8 Å². The Bertz CT molecular complexity index is 915. The van der Waals surface area contributed by atoms with Gasteiger partial charge in [-0.15, -0.1) is 0 Å². The molecule has 134 valence electrons. The van der Waals surface area contributed by atoms with Gasteiger partial charge in [-0.3, -0.25) is 0 Å². The van der Waals surface area contributed by atoms with Gasteiger partial charge in [-0.1, -0.05) is 11.6 Å². The van der Waals surface area contributed by atoms with Crippen molar-refractivity contribution in [1.29, 1.82) is 0 Å². The van der Waals surface area contributed by atoms with E-state index in [2.05, 4.69) is 29.9 Å². The third-order valence-corrected chi connectivity index (χ3v) is 4.80. The van der Waals surface area contributed by atoms with Crippen molar-refractivity contribution in [2.45, 2.75) is 13.8 Å². The molecular weight excluding hydrogens is 350 g/mol. The highest BCUT2D eigenvalue weighted by molar-refractivity contribution is 6.32. The summed E-state index contributed by atoms with van der Waals surface area (Å²) in [7, 11) is 0. The molecule has 3 aromatic heterocycles. The second-order valence-electron chi connectivity index (χ2n) is 6.36. The molecule has 0 amide bonds. The minimum absolute atomic E-state index is 0.690. The maximum Gasteiger partial charge on any atom is 0.159 e. The summed E-state index contributed by atoms with van der Waals surface area (Å²) < 4.78 is 1.85. The van der Waals surface area contributed by atoms with Crippen molar-refractivity contribution in [3.63, 3.8) is 0 Å². The Morgan fingerprint density at radius 2 is 1.65 bits per heavy atom. The van der Waals surface area contributed by atoms with Crippen LogP contribution in [0.2, 0.25) is 5.02 Å². The molecule has 0 aromatic carbocycles. The van der Waals surface area contributed by atoms with Crippen LogP contribution >= 0.6 is 11.6 Å². The fourth-order valence-corrected chi connectivity index (χ4v) is 3.49. The van der Waals surface area contributed by atoms with Gasteiger partial charge in [0.1, 0.15) is 18.0 Å². The smallest absolute Gasteiger partial charge is 0.159 e. The summed E-state index contributed by atoms with van der Waals surface area (Å²) in [5.74, 6) is 2.55. The van der Waals surface area contributed by atoms with Crippen LogP contribution in [0.25, 0.3) is 5.82 Å². The molecule has 0 radical (unpaired) electrons. The second kappa shape index (κ2) is 6.92. The van der Waals surface area contributed by atoms with Gasteiger partial charge in [0.2, 0.25) is 0 Å². The zero-order chi connectivity index (χ0) is 18.1. The van der Waals surface area contributed by atoms with Gasteiger partial charge in [0.25, 0.3) is 0 Å². The lowest BCUT2D eigenvalue weighted by molar-refractivity contribution is 0.640. The molecule has 26 heavy (non-hydrogen) atoms. The first-order chi connectivity index (χ1) is 12.6. The summed E-state index contributed by atoms with van der Waals surface area (Å²) in [4.78, 5) is 17.7. The normalized spacial score (nSPS) is 14.7. The van der Waals surface area contributed by atoms with Gasteiger partial charge >= 0.3 is 0 Å². The minimum Gasteiger partial charge on any atom is -0.353 e. The average Bonchev–Trinajstić information content (AvgIpc) is 3.01. The van der Waals surface area contributed by atoms with E-state index in [-0.39, 0.29) is 0 Å². The van der Waals surface area contributed by atoms with Crippen molar-refractivity contribution >= 4 is 23.2 Å². The maximum atomic E-state index is 6.27. The van der Waals surface area contributed by atoms with Gasteiger partial charge in [0, 0.05) is 44.1 Å². The summed E-state index contributed by atoms with van der Waals surface area (Å²) >= 11 is 6.27. The molecule has 1 fully saturated rings. The summed E-state index contributed by atoms with van der Waals surface area (Å²) in [5, 5.41) is 5.19. The van der Waals surface area contributed by atoms with E-state index in [4.69, 9.17) is 11.6 Å². The van der Waals surface area contributed by atoms with Crippen LogP contribution in [0.1, 0.15) is 11.4 Å². The van der Waals surface area contributed by atoms with Crippen LogP contribution in [0, 0.1) is 13.8 Å². The minimum atomic E-state index is 0.690. The molecule has 4 heterocycles. The molecule has 0 atom stereocenters. The average molecular weight is 370 g/mol. The highest BCUT2D eigenvalue weighted by Gasteiger charge is 2.21. The van der Waals surface area contributed by atoms with Crippen molar-refractivity contribution in [3.05, 3.63) is 53.2 Å². The van der Waals surface area contributed by atoms with Gasteiger partial charge in [0.15, 0.2) is 5.82 Å². The van der Waals surface area contributed by atoms with E-state index in [0.717, 1.165) is 55.0 Å². The molecule has 0 unspecified atom stereocenters. The van der Waals surface area contributed by atoms with E-state index in [0.29, 0.717) is 5.02 Å². The fourth-order valence-electron chi connectivity index (χ4n) is 3.24. The Balaban J connectivity index is 1.51. The van der Waals surface area contributed by atoms with Crippen molar-refractivity contribution in [2.75, 3.05) is 36.0 Å². The molecule has 1 aliphatic rings. The molecular formula is C18H20ClN7. The first-order valence-corrected chi connectivity index (χ1v) is 8.96. The number of pyridine rings is 1. The summed E-state index contributed by atoms with van der Waals surface area (Å²) in [6, 6.07) is 7.75. The first-order valence-electron chi connectivity index (χ1n) is 8.58. The second-order valence-corrected chi connectivity index (χ2v) is 6.76. The van der Waals surface area contributed by atoms with Crippen LogP contribution in [-0.2, 0) is 0 Å². The van der Waals surface area contributed by atoms with E-state index in [1.54, 1.807) is 12.5 Å². The lowest BCUT2D eigenvalue weighted by Crippen LogP contribution is -2.47. The van der Waals surface area contributed by atoms with Crippen LogP contribution < -0.4 is 9.80 Å². The van der Waals surface area contributed by atoms with Crippen LogP contribution in [0.4, 0.5) is 11.6 Å². The quantitative estimate of drug-likeness (QED) is 0.707. The zero-order valence-electron chi connectivity index (χ0n) is 14.8. The Hall–Kier alpha value is -2.67. The molecule has 7 nitrogen and oxygen atoms in total. The third-order valence-electron chi connectivity index (χ3n) is 4.51. The Labute approximate surface area is 157 Å². The van der Waals surface area contributed by atoms with Crippen LogP contribution in [0.3, 0.4) is 0 Å². The fraction of sp³-hybridized carbons (Fsp3) is 0.333. The molecule has 1 saturated heterocycles. The lowest BCUT2D eigenvalue weighted by Gasteiger charge is -2.36. The highest BCUT2D eigenvalue weighted by atomic mass is 35.5. The molecule has 0 saturated carbocycles. The van der Waals surface area contributed by atoms with Crippen LogP contribution in [0.5, 0.6) is 0 Å². The Kier molecular flexibility index (Phi) is 4.46. The van der Waals surface area contributed by atoms with E-state index in [1.807, 2.05) is 42.8 Å². The number of aryl methyl sites for hydroxylation is 2. The molecule has 1 aliphatic heterocycles. The number of anilines is 2. The maximum absolute atomic E-state index is 6.27. The summed E-state index contributed by atoms with van der Waals surface area (Å²) in [5.41, 5.74) is 2.03. The molecule has 0 aliphatic carbocycles. The van der Waals surface area contributed by atoms with Crippen molar-refractivity contribution in [2.24, 2.45) is 0 Å². The topological polar surface area (TPSA) is 63.0 Å². The van der Waals surface area contributed by atoms with Gasteiger partial charge in [-0.2, -0.15) is 5.10 Å². The van der Waals surface area contributed by atoms with E-state index < -0.39 is 0 Å². The molecule has 3 aromatic rings. The number of hydrogen-bond acceptors (Lipinski definition) is 6. The number of aromatic nitrogens is 5. The monoisotopic (exact) mass is 369 g/mol. The summed E-state index contributed by atoms with van der Waals surface area (Å²) in [6.07, 6.45) is 3.38. The molecule has 8 heteroatoms. The number of halogens is 1. The van der Waals surface area contributed by atoms with E-state index in [1.165, 1.54) is 0 Å². The van der Waals surface area contributed by atoms with Gasteiger partial charge < -0.3 is 9.80 Å². The SMILES string of the molecule is Cc1cc(C)n(-c2cc(N3CCN(c4ncccc4Cl)CC3)ncn2)n1. The number of hydrogen-bond donors (Lipinski definition) is 0. The predicted octanol–water partition coefficient (Wildman–Crippen LogP) is 2.65. The van der Waals surface area contributed by atoms with Gasteiger partial charge in [0.05, 0.1) is 10.7 Å². The zero-order valence-corrected chi connectivity index (χ0v) is 15.6. The van der Waals surface area contributed by atoms with Crippen LogP contribution in [-0.4, -0.2) is 50.9 Å². The first kappa shape index (κ1) is 16.8. The summed E-state index contributed by atoms with van der Waals surface area (Å²) in [6.45, 7) is 7.39. The number of rotatable bonds is 3. The predicted molar refractivity (Wildman–Crippen MR) is 102 cm³/mol. The third kappa shape index (κ3) is 3.22. The van der Waals surface area contributed by atoms with E-state index >= 15 is 0 Å². The van der Waals surface area contributed by atoms with E-state index in [9.17, 15) is 0 Å². The molecule has 4 rings (SSSR count). The standard InChI is InChI=1S/C18H20ClN7/c1-13-10-14(2)26(23-13)17-11-16(21-12-22-17)24-6-8-25(9-7-24)18-15(19)4-3-5-20-18/h3-5,10-12H,6-9H2,1-2H3. The highest BCUT2D eigenvalue weighted by Crippen LogP contribution is 2.24. The Morgan fingerprint density at radius 3 is 2.35 bits per heavy atom. The van der Waals surface area contributed by atoms with Gasteiger partial charge in [-0.25, -0.2) is 19.6 Å². The largest absolute Gasteiger partial charge is 0.353 e. The molecule has 0 spiro atoms. The molecule has 0 N–H and O–H groups in total. The van der Waals surface area contributed by atoms with Crippen molar-refractivity contribution in [1.82, 2.24) is 24.7 Å². The van der Waals surface area contributed by atoms with Crippen molar-refractivity contribution in [3.8, 4) is 5.82 Å². The van der Waals surface area contributed by atoms with Gasteiger partial charge in [-0.05, 0) is 32.0 Å². The van der Waals surface area contributed by atoms with Crippen molar-refractivity contribution < 1.29 is 0 Å². The Morgan fingerprint density at radius 1 is 0.923 bits per heavy atom.